The standard InChI is InChI=1S/C13H18N2O2/c1-3-9-4-5-11-10(8-9)12(13(16)15-11)14-6-7-17-2/h4-5,8,12,14H,3,6-7H2,1-2H3,(H,15,16). The summed E-state index contributed by atoms with van der Waals surface area (Å²) in [7, 11) is 1.65. The molecule has 1 aliphatic heterocycles. The van der Waals surface area contributed by atoms with Crippen LogP contribution in [0, 0.1) is 0 Å². The van der Waals surface area contributed by atoms with Gasteiger partial charge < -0.3 is 10.1 Å². The smallest absolute Gasteiger partial charge is 0.246 e. The molecule has 0 radical (unpaired) electrons. The summed E-state index contributed by atoms with van der Waals surface area (Å²) in [4.78, 5) is 11.8. The molecule has 1 unspecified atom stereocenters. The molecule has 0 saturated carbocycles. The molecule has 1 heterocycles. The zero-order chi connectivity index (χ0) is 12.3. The van der Waals surface area contributed by atoms with Crippen molar-refractivity contribution in [2.75, 3.05) is 25.6 Å². The second-order valence-electron chi connectivity index (χ2n) is 4.14. The van der Waals surface area contributed by atoms with Gasteiger partial charge >= 0.3 is 0 Å². The summed E-state index contributed by atoms with van der Waals surface area (Å²) >= 11 is 0. The summed E-state index contributed by atoms with van der Waals surface area (Å²) in [5, 5.41) is 6.09. The van der Waals surface area contributed by atoms with E-state index >= 15 is 0 Å². The molecule has 0 aliphatic carbocycles. The minimum Gasteiger partial charge on any atom is -0.383 e. The zero-order valence-corrected chi connectivity index (χ0v) is 10.2. The Kier molecular flexibility index (Phi) is 3.76. The normalized spacial score (nSPS) is 18.0. The van der Waals surface area contributed by atoms with Gasteiger partial charge in [-0.25, -0.2) is 0 Å². The van der Waals surface area contributed by atoms with Crippen LogP contribution in [0.2, 0.25) is 0 Å². The monoisotopic (exact) mass is 234 g/mol. The molecule has 0 bridgehead atoms. The van der Waals surface area contributed by atoms with Crippen LogP contribution in [0.1, 0.15) is 24.1 Å². The van der Waals surface area contributed by atoms with E-state index in [0.717, 1.165) is 17.7 Å². The van der Waals surface area contributed by atoms with Gasteiger partial charge in [0.2, 0.25) is 5.91 Å². The summed E-state index contributed by atoms with van der Waals surface area (Å²) in [6.45, 7) is 3.39. The van der Waals surface area contributed by atoms with E-state index in [1.54, 1.807) is 7.11 Å². The average molecular weight is 234 g/mol. The van der Waals surface area contributed by atoms with Crippen LogP contribution in [0.3, 0.4) is 0 Å². The van der Waals surface area contributed by atoms with Crippen molar-refractivity contribution in [3.63, 3.8) is 0 Å². The Bertz CT molecular complexity index is 418. The summed E-state index contributed by atoms with van der Waals surface area (Å²) in [6, 6.07) is 5.88. The van der Waals surface area contributed by atoms with Crippen LogP contribution >= 0.6 is 0 Å². The molecule has 1 aliphatic rings. The van der Waals surface area contributed by atoms with Crippen molar-refractivity contribution in [1.82, 2.24) is 5.32 Å². The first-order valence-corrected chi connectivity index (χ1v) is 5.92. The molecule has 0 aromatic heterocycles. The topological polar surface area (TPSA) is 50.4 Å². The van der Waals surface area contributed by atoms with Gasteiger partial charge in [-0.05, 0) is 18.1 Å². The molecular weight excluding hydrogens is 216 g/mol. The maximum Gasteiger partial charge on any atom is 0.246 e. The summed E-state index contributed by atoms with van der Waals surface area (Å²) in [5.74, 6) is 0.0179. The first-order valence-electron chi connectivity index (χ1n) is 5.92. The zero-order valence-electron chi connectivity index (χ0n) is 10.2. The van der Waals surface area contributed by atoms with Crippen molar-refractivity contribution in [3.05, 3.63) is 29.3 Å². The molecule has 0 spiro atoms. The van der Waals surface area contributed by atoms with E-state index in [4.69, 9.17) is 4.74 Å². The lowest BCUT2D eigenvalue weighted by molar-refractivity contribution is -0.117. The van der Waals surface area contributed by atoms with Crippen LogP contribution in [0.4, 0.5) is 5.69 Å². The number of carbonyl (C=O) groups excluding carboxylic acids is 1. The van der Waals surface area contributed by atoms with Crippen LogP contribution in [0.15, 0.2) is 18.2 Å². The van der Waals surface area contributed by atoms with Crippen LogP contribution in [-0.4, -0.2) is 26.2 Å². The van der Waals surface area contributed by atoms with Gasteiger partial charge in [0.25, 0.3) is 0 Å². The number of nitrogens with one attached hydrogen (secondary N) is 2. The van der Waals surface area contributed by atoms with Gasteiger partial charge in [-0.15, -0.1) is 0 Å². The Labute approximate surface area is 101 Å². The Morgan fingerprint density at radius 3 is 3.00 bits per heavy atom. The Morgan fingerprint density at radius 1 is 1.47 bits per heavy atom. The molecule has 4 heteroatoms. The predicted molar refractivity (Wildman–Crippen MR) is 67.1 cm³/mol. The molecular formula is C13H18N2O2. The van der Waals surface area contributed by atoms with Crippen molar-refractivity contribution in [2.45, 2.75) is 19.4 Å². The molecule has 2 rings (SSSR count). The van der Waals surface area contributed by atoms with E-state index < -0.39 is 0 Å². The van der Waals surface area contributed by atoms with Crippen molar-refractivity contribution in [2.24, 2.45) is 0 Å². The Balaban J connectivity index is 2.16. The molecule has 0 saturated heterocycles. The molecule has 1 atom stereocenters. The van der Waals surface area contributed by atoms with Crippen molar-refractivity contribution < 1.29 is 9.53 Å². The van der Waals surface area contributed by atoms with Gasteiger partial charge in [-0.1, -0.05) is 19.1 Å². The minimum atomic E-state index is -0.244. The third-order valence-corrected chi connectivity index (χ3v) is 3.01. The number of benzene rings is 1. The lowest BCUT2D eigenvalue weighted by atomic mass is 10.0. The van der Waals surface area contributed by atoms with E-state index in [0.29, 0.717) is 13.2 Å². The molecule has 92 valence electrons. The highest BCUT2D eigenvalue weighted by molar-refractivity contribution is 6.02. The molecule has 1 amide bonds. The van der Waals surface area contributed by atoms with E-state index in [9.17, 15) is 4.79 Å². The fourth-order valence-corrected chi connectivity index (χ4v) is 2.04. The van der Waals surface area contributed by atoms with Gasteiger partial charge in [0, 0.05) is 24.9 Å². The number of aryl methyl sites for hydroxylation is 1. The van der Waals surface area contributed by atoms with Crippen LogP contribution in [0.25, 0.3) is 0 Å². The SMILES string of the molecule is CCc1ccc2c(c1)C(NCCOC)C(=O)N2. The second kappa shape index (κ2) is 5.29. The number of amides is 1. The number of fused-ring (bicyclic) bond motifs is 1. The fraction of sp³-hybridized carbons (Fsp3) is 0.462. The fourth-order valence-electron chi connectivity index (χ4n) is 2.04. The van der Waals surface area contributed by atoms with E-state index in [-0.39, 0.29) is 11.9 Å². The Hall–Kier alpha value is -1.39. The summed E-state index contributed by atoms with van der Waals surface area (Å²) in [6.07, 6.45) is 0.978. The number of rotatable bonds is 5. The van der Waals surface area contributed by atoms with Crippen molar-refractivity contribution in [3.8, 4) is 0 Å². The van der Waals surface area contributed by atoms with Gasteiger partial charge in [-0.2, -0.15) is 0 Å². The number of hydrogen-bond donors (Lipinski definition) is 2. The van der Waals surface area contributed by atoms with E-state index in [2.05, 4.69) is 29.7 Å². The first kappa shape index (κ1) is 12.1. The van der Waals surface area contributed by atoms with Crippen LogP contribution < -0.4 is 10.6 Å². The van der Waals surface area contributed by atoms with Gasteiger partial charge in [-0.3, -0.25) is 10.1 Å². The van der Waals surface area contributed by atoms with Crippen molar-refractivity contribution >= 4 is 11.6 Å². The van der Waals surface area contributed by atoms with Crippen LogP contribution in [0.5, 0.6) is 0 Å². The van der Waals surface area contributed by atoms with E-state index in [1.165, 1.54) is 5.56 Å². The summed E-state index contributed by atoms with van der Waals surface area (Å²) in [5.41, 5.74) is 3.21. The largest absolute Gasteiger partial charge is 0.383 e. The summed E-state index contributed by atoms with van der Waals surface area (Å²) < 4.78 is 4.98. The third kappa shape index (κ3) is 2.48. The van der Waals surface area contributed by atoms with Gasteiger partial charge in [0.05, 0.1) is 6.61 Å². The number of anilines is 1. The maximum atomic E-state index is 11.8. The molecule has 0 fully saturated rings. The minimum absolute atomic E-state index is 0.0179. The number of hydrogen-bond acceptors (Lipinski definition) is 3. The molecule has 4 nitrogen and oxygen atoms in total. The van der Waals surface area contributed by atoms with Crippen LogP contribution in [-0.2, 0) is 16.0 Å². The Morgan fingerprint density at radius 2 is 2.29 bits per heavy atom. The highest BCUT2D eigenvalue weighted by Crippen LogP contribution is 2.31. The molecule has 1 aromatic rings. The second-order valence-corrected chi connectivity index (χ2v) is 4.14. The molecule has 1 aromatic carbocycles. The van der Waals surface area contributed by atoms with Crippen molar-refractivity contribution in [1.29, 1.82) is 0 Å². The highest BCUT2D eigenvalue weighted by Gasteiger charge is 2.29. The average Bonchev–Trinajstić information content (AvgIpc) is 2.65. The van der Waals surface area contributed by atoms with Gasteiger partial charge in [0.1, 0.15) is 6.04 Å². The number of methoxy groups -OCH3 is 1. The number of ether oxygens (including phenoxy) is 1. The first-order chi connectivity index (χ1) is 8.26. The molecule has 2 N–H and O–H groups in total. The number of carbonyl (C=O) groups is 1. The third-order valence-electron chi connectivity index (χ3n) is 3.01. The van der Waals surface area contributed by atoms with E-state index in [1.807, 2.05) is 6.07 Å². The quantitative estimate of drug-likeness (QED) is 0.759. The molecule has 17 heavy (non-hydrogen) atoms. The lowest BCUT2D eigenvalue weighted by Crippen LogP contribution is -2.30. The predicted octanol–water partition coefficient (Wildman–Crippen LogP) is 1.48. The maximum absolute atomic E-state index is 11.8. The highest BCUT2D eigenvalue weighted by atomic mass is 16.5. The lowest BCUT2D eigenvalue weighted by Gasteiger charge is -2.11. The van der Waals surface area contributed by atoms with Gasteiger partial charge in [0.15, 0.2) is 0 Å².